The molecule has 0 unspecified atom stereocenters. The number of hydrogen-bond acceptors (Lipinski definition) is 6. The molecule has 1 aromatic heterocycles. The summed E-state index contributed by atoms with van der Waals surface area (Å²) in [6.07, 6.45) is 3.38. The van der Waals surface area contributed by atoms with E-state index in [4.69, 9.17) is 5.26 Å². The van der Waals surface area contributed by atoms with Crippen LogP contribution in [0.3, 0.4) is 0 Å². The molecule has 3 rings (SSSR count). The fraction of sp³-hybridized carbons (Fsp3) is 0.250. The van der Waals surface area contributed by atoms with Crippen LogP contribution in [0.25, 0.3) is 0 Å². The van der Waals surface area contributed by atoms with E-state index >= 15 is 0 Å². The van der Waals surface area contributed by atoms with E-state index in [0.29, 0.717) is 18.8 Å². The highest BCUT2D eigenvalue weighted by atomic mass is 16.6. The van der Waals surface area contributed by atoms with Crippen LogP contribution < -0.4 is 4.90 Å². The van der Waals surface area contributed by atoms with E-state index in [9.17, 15) is 10.1 Å². The minimum atomic E-state index is -0.459. The molecule has 8 heteroatoms. The molecule has 100 valence electrons. The number of nitro groups is 1. The van der Waals surface area contributed by atoms with Gasteiger partial charge in [0.05, 0.1) is 28.8 Å². The van der Waals surface area contributed by atoms with Crippen LogP contribution in [0.1, 0.15) is 11.6 Å². The molecule has 0 spiro atoms. The number of benzene rings is 1. The Morgan fingerprint density at radius 1 is 1.45 bits per heavy atom. The van der Waals surface area contributed by atoms with Crippen molar-refractivity contribution in [2.45, 2.75) is 6.04 Å². The van der Waals surface area contributed by atoms with Crippen molar-refractivity contribution in [2.24, 2.45) is 0 Å². The first kappa shape index (κ1) is 12.1. The van der Waals surface area contributed by atoms with Gasteiger partial charge in [-0.3, -0.25) is 10.1 Å². The molecule has 0 saturated carbocycles. The van der Waals surface area contributed by atoms with Crippen molar-refractivity contribution in [3.63, 3.8) is 0 Å². The topological polar surface area (TPSA) is 101 Å². The van der Waals surface area contributed by atoms with Crippen LogP contribution in [0.4, 0.5) is 11.4 Å². The summed E-state index contributed by atoms with van der Waals surface area (Å²) in [5, 5.41) is 27.5. The van der Waals surface area contributed by atoms with Crippen molar-refractivity contribution in [3.8, 4) is 6.07 Å². The average molecular weight is 270 g/mol. The van der Waals surface area contributed by atoms with E-state index in [0.717, 1.165) is 0 Å². The van der Waals surface area contributed by atoms with Crippen LogP contribution in [-0.4, -0.2) is 33.0 Å². The molecule has 1 aliphatic rings. The van der Waals surface area contributed by atoms with Crippen molar-refractivity contribution in [2.75, 3.05) is 18.0 Å². The Bertz CT molecular complexity index is 684. The third kappa shape index (κ3) is 1.95. The van der Waals surface area contributed by atoms with Crippen LogP contribution in [0.2, 0.25) is 0 Å². The van der Waals surface area contributed by atoms with Crippen LogP contribution in [0.5, 0.6) is 0 Å². The van der Waals surface area contributed by atoms with Crippen LogP contribution in [0, 0.1) is 21.4 Å². The highest BCUT2D eigenvalue weighted by molar-refractivity contribution is 5.66. The summed E-state index contributed by atoms with van der Waals surface area (Å²) in [5.74, 6) is 0. The fourth-order valence-electron chi connectivity index (χ4n) is 2.24. The number of hydrogen-bond donors (Lipinski definition) is 0. The van der Waals surface area contributed by atoms with E-state index in [1.54, 1.807) is 29.2 Å². The van der Waals surface area contributed by atoms with Crippen molar-refractivity contribution in [1.29, 1.82) is 5.26 Å². The van der Waals surface area contributed by atoms with Gasteiger partial charge >= 0.3 is 0 Å². The standard InChI is InChI=1S/C12H10N6O2/c13-6-9-1-2-11(12(5-9)18(19)20)16-7-10(8-16)17-4-3-14-15-17/h1-5,10H,7-8H2. The molecule has 20 heavy (non-hydrogen) atoms. The third-order valence-electron chi connectivity index (χ3n) is 3.32. The van der Waals surface area contributed by atoms with Gasteiger partial charge in [-0.25, -0.2) is 4.68 Å². The molecule has 0 amide bonds. The molecule has 1 saturated heterocycles. The molecule has 0 atom stereocenters. The Labute approximate surface area is 114 Å². The molecule has 0 bridgehead atoms. The first-order valence-electron chi connectivity index (χ1n) is 5.98. The van der Waals surface area contributed by atoms with Gasteiger partial charge < -0.3 is 4.90 Å². The fourth-order valence-corrected chi connectivity index (χ4v) is 2.24. The lowest BCUT2D eigenvalue weighted by atomic mass is 10.1. The summed E-state index contributed by atoms with van der Waals surface area (Å²) in [7, 11) is 0. The maximum absolute atomic E-state index is 11.1. The number of anilines is 1. The van der Waals surface area contributed by atoms with Crippen molar-refractivity contribution in [1.82, 2.24) is 15.0 Å². The molecule has 0 aliphatic carbocycles. The lowest BCUT2D eigenvalue weighted by Gasteiger charge is -2.40. The van der Waals surface area contributed by atoms with Gasteiger partial charge in [0.2, 0.25) is 0 Å². The molecule has 1 aromatic carbocycles. The average Bonchev–Trinajstić information content (AvgIpc) is 2.91. The largest absolute Gasteiger partial charge is 0.362 e. The molecule has 1 aliphatic heterocycles. The summed E-state index contributed by atoms with van der Waals surface area (Å²) in [6, 6.07) is 6.60. The van der Waals surface area contributed by atoms with E-state index in [2.05, 4.69) is 10.3 Å². The number of nitro benzene ring substituents is 1. The van der Waals surface area contributed by atoms with Gasteiger partial charge in [-0.1, -0.05) is 5.21 Å². The van der Waals surface area contributed by atoms with Crippen molar-refractivity contribution >= 4 is 11.4 Å². The van der Waals surface area contributed by atoms with E-state index in [1.165, 1.54) is 6.07 Å². The summed E-state index contributed by atoms with van der Waals surface area (Å²) in [6.45, 7) is 1.27. The van der Waals surface area contributed by atoms with Crippen molar-refractivity contribution in [3.05, 3.63) is 46.3 Å². The van der Waals surface area contributed by atoms with Gasteiger partial charge in [0.1, 0.15) is 5.69 Å². The second-order valence-corrected chi connectivity index (χ2v) is 4.51. The number of rotatable bonds is 3. The molecular weight excluding hydrogens is 260 g/mol. The number of nitrogens with zero attached hydrogens (tertiary/aromatic N) is 6. The Morgan fingerprint density at radius 2 is 2.25 bits per heavy atom. The second kappa shape index (κ2) is 4.62. The van der Waals surface area contributed by atoms with Gasteiger partial charge in [0.25, 0.3) is 5.69 Å². The minimum Gasteiger partial charge on any atom is -0.362 e. The zero-order valence-corrected chi connectivity index (χ0v) is 10.4. The van der Waals surface area contributed by atoms with Gasteiger partial charge in [-0.15, -0.1) is 5.10 Å². The van der Waals surface area contributed by atoms with Crippen LogP contribution in [0.15, 0.2) is 30.6 Å². The molecule has 0 N–H and O–H groups in total. The highest BCUT2D eigenvalue weighted by Gasteiger charge is 2.32. The molecule has 8 nitrogen and oxygen atoms in total. The summed E-state index contributed by atoms with van der Waals surface area (Å²) in [5.41, 5.74) is 0.778. The van der Waals surface area contributed by atoms with Gasteiger partial charge in [0.15, 0.2) is 0 Å². The molecule has 2 aromatic rings. The summed E-state index contributed by atoms with van der Waals surface area (Å²) in [4.78, 5) is 12.5. The molecule has 0 radical (unpaired) electrons. The predicted molar refractivity (Wildman–Crippen MR) is 69.1 cm³/mol. The normalized spacial score (nSPS) is 14.7. The lowest BCUT2D eigenvalue weighted by molar-refractivity contribution is -0.384. The van der Waals surface area contributed by atoms with E-state index in [-0.39, 0.29) is 17.3 Å². The summed E-state index contributed by atoms with van der Waals surface area (Å²) >= 11 is 0. The zero-order valence-electron chi connectivity index (χ0n) is 10.4. The summed E-state index contributed by atoms with van der Waals surface area (Å²) < 4.78 is 1.74. The minimum absolute atomic E-state index is 0.0407. The maximum Gasteiger partial charge on any atom is 0.293 e. The van der Waals surface area contributed by atoms with E-state index in [1.807, 2.05) is 11.0 Å². The van der Waals surface area contributed by atoms with Gasteiger partial charge in [-0.05, 0) is 12.1 Å². The maximum atomic E-state index is 11.1. The van der Waals surface area contributed by atoms with Gasteiger partial charge in [0, 0.05) is 25.4 Å². The van der Waals surface area contributed by atoms with Crippen LogP contribution in [-0.2, 0) is 0 Å². The predicted octanol–water partition coefficient (Wildman–Crippen LogP) is 1.12. The second-order valence-electron chi connectivity index (χ2n) is 4.51. The molecule has 2 heterocycles. The third-order valence-corrected chi connectivity index (χ3v) is 3.32. The quantitative estimate of drug-likeness (QED) is 0.611. The van der Waals surface area contributed by atoms with Gasteiger partial charge in [-0.2, -0.15) is 5.26 Å². The van der Waals surface area contributed by atoms with Crippen LogP contribution >= 0.6 is 0 Å². The highest BCUT2D eigenvalue weighted by Crippen LogP contribution is 2.34. The lowest BCUT2D eigenvalue weighted by Crippen LogP contribution is -2.48. The molecular formula is C12H10N6O2. The van der Waals surface area contributed by atoms with E-state index < -0.39 is 4.92 Å². The Balaban J connectivity index is 1.82. The smallest absolute Gasteiger partial charge is 0.293 e. The monoisotopic (exact) mass is 270 g/mol. The first-order chi connectivity index (χ1) is 9.69. The first-order valence-corrected chi connectivity index (χ1v) is 5.98. The number of aromatic nitrogens is 3. The number of nitriles is 1. The SMILES string of the molecule is N#Cc1ccc(N2CC(n3ccnn3)C2)c([N+](=O)[O-])c1. The Kier molecular flexibility index (Phi) is 2.80. The Hall–Kier alpha value is -2.95. The Morgan fingerprint density at radius 3 is 2.85 bits per heavy atom. The molecule has 1 fully saturated rings. The zero-order chi connectivity index (χ0) is 14.1. The van der Waals surface area contributed by atoms with Crippen molar-refractivity contribution < 1.29 is 4.92 Å².